The largest absolute Gasteiger partial charge is 0.409 e. The molecule has 14 heavy (non-hydrogen) atoms. The second-order valence-electron chi connectivity index (χ2n) is 3.12. The number of nitrogens with zero attached hydrogens (tertiary/aromatic N) is 2. The Morgan fingerprint density at radius 1 is 1.50 bits per heavy atom. The third-order valence-corrected chi connectivity index (χ3v) is 2.08. The van der Waals surface area contributed by atoms with E-state index in [4.69, 9.17) is 15.7 Å². The molecule has 0 aliphatic carbocycles. The Balaban J connectivity index is 3.57. The van der Waals surface area contributed by atoms with E-state index in [1.54, 1.807) is 7.11 Å². The molecule has 0 heterocycles. The molecule has 0 saturated heterocycles. The summed E-state index contributed by atoms with van der Waals surface area (Å²) in [7, 11) is 1.70. The van der Waals surface area contributed by atoms with Crippen LogP contribution in [0.5, 0.6) is 0 Å². The van der Waals surface area contributed by atoms with Crippen molar-refractivity contribution >= 4 is 5.84 Å². The number of ether oxygens (including phenoxy) is 1. The molecule has 0 radical (unpaired) electrons. The summed E-state index contributed by atoms with van der Waals surface area (Å²) < 4.78 is 4.97. The molecule has 5 heteroatoms. The van der Waals surface area contributed by atoms with Crippen molar-refractivity contribution in [3.63, 3.8) is 0 Å². The maximum atomic E-state index is 8.36. The summed E-state index contributed by atoms with van der Waals surface area (Å²) in [6.07, 6.45) is 1.62. The van der Waals surface area contributed by atoms with Crippen molar-refractivity contribution < 1.29 is 9.94 Å². The van der Waals surface area contributed by atoms with Crippen molar-refractivity contribution in [3.05, 3.63) is 0 Å². The second-order valence-corrected chi connectivity index (χ2v) is 3.12. The first-order valence-corrected chi connectivity index (χ1v) is 4.92. The Morgan fingerprint density at radius 2 is 2.21 bits per heavy atom. The van der Waals surface area contributed by atoms with Crippen molar-refractivity contribution in [2.24, 2.45) is 10.9 Å². The molecule has 5 nitrogen and oxygen atoms in total. The van der Waals surface area contributed by atoms with Gasteiger partial charge in [-0.25, -0.2) is 0 Å². The third-order valence-electron chi connectivity index (χ3n) is 2.08. The summed E-state index contributed by atoms with van der Waals surface area (Å²) in [4.78, 5) is 2.25. The van der Waals surface area contributed by atoms with Crippen molar-refractivity contribution in [1.29, 1.82) is 0 Å². The van der Waals surface area contributed by atoms with E-state index < -0.39 is 0 Å². The van der Waals surface area contributed by atoms with Gasteiger partial charge in [0.2, 0.25) is 0 Å². The van der Waals surface area contributed by atoms with Gasteiger partial charge in [-0.3, -0.25) is 0 Å². The lowest BCUT2D eigenvalue weighted by Gasteiger charge is -2.19. The van der Waals surface area contributed by atoms with E-state index in [0.717, 1.165) is 32.7 Å². The van der Waals surface area contributed by atoms with Crippen LogP contribution in [0.1, 0.15) is 19.8 Å². The first-order valence-electron chi connectivity index (χ1n) is 4.92. The monoisotopic (exact) mass is 203 g/mol. The maximum absolute atomic E-state index is 8.36. The highest BCUT2D eigenvalue weighted by molar-refractivity contribution is 5.79. The minimum Gasteiger partial charge on any atom is -0.409 e. The van der Waals surface area contributed by atoms with Crippen LogP contribution in [0.2, 0.25) is 0 Å². The van der Waals surface area contributed by atoms with Gasteiger partial charge in [0.05, 0.1) is 0 Å². The van der Waals surface area contributed by atoms with Gasteiger partial charge < -0.3 is 20.6 Å². The maximum Gasteiger partial charge on any atom is 0.140 e. The molecule has 0 amide bonds. The lowest BCUT2D eigenvalue weighted by Crippen LogP contribution is -2.29. The molecule has 0 aromatic heterocycles. The molecule has 0 rings (SSSR count). The van der Waals surface area contributed by atoms with Crippen molar-refractivity contribution in [3.8, 4) is 0 Å². The number of hydrogen-bond acceptors (Lipinski definition) is 4. The van der Waals surface area contributed by atoms with E-state index in [2.05, 4.69) is 17.0 Å². The Hall–Kier alpha value is -0.810. The predicted molar refractivity (Wildman–Crippen MR) is 56.6 cm³/mol. The fourth-order valence-electron chi connectivity index (χ4n) is 1.18. The third kappa shape index (κ3) is 6.68. The highest BCUT2D eigenvalue weighted by Gasteiger charge is 2.02. The molecule has 3 N–H and O–H groups in total. The molecule has 0 aliphatic heterocycles. The molecule has 0 fully saturated rings. The van der Waals surface area contributed by atoms with E-state index in [0.29, 0.717) is 6.42 Å². The highest BCUT2D eigenvalue weighted by Crippen LogP contribution is 1.94. The standard InChI is InChI=1S/C9H21N3O2/c1-3-12(6-4-8-14-2)7-5-9(10)11-13/h13H,3-8H2,1-2H3,(H2,10,11). The number of methoxy groups -OCH3 is 1. The molecule has 0 aromatic carbocycles. The van der Waals surface area contributed by atoms with Crippen LogP contribution in [-0.2, 0) is 4.74 Å². The summed E-state index contributed by atoms with van der Waals surface area (Å²) in [5.41, 5.74) is 5.38. The van der Waals surface area contributed by atoms with Crippen LogP contribution in [0, 0.1) is 0 Å². The van der Waals surface area contributed by atoms with Gasteiger partial charge in [0.15, 0.2) is 0 Å². The number of nitrogens with two attached hydrogens (primary N) is 1. The normalized spacial score (nSPS) is 12.4. The smallest absolute Gasteiger partial charge is 0.140 e. The van der Waals surface area contributed by atoms with Gasteiger partial charge in [-0.05, 0) is 13.0 Å². The molecule has 84 valence electrons. The lowest BCUT2D eigenvalue weighted by atomic mass is 10.3. The van der Waals surface area contributed by atoms with Crippen LogP contribution >= 0.6 is 0 Å². The molecule has 0 spiro atoms. The first kappa shape index (κ1) is 13.2. The van der Waals surface area contributed by atoms with Crippen molar-refractivity contribution in [1.82, 2.24) is 4.90 Å². The molecule has 0 saturated carbocycles. The van der Waals surface area contributed by atoms with E-state index in [1.165, 1.54) is 0 Å². The van der Waals surface area contributed by atoms with Crippen LogP contribution < -0.4 is 5.73 Å². The highest BCUT2D eigenvalue weighted by atomic mass is 16.5. The van der Waals surface area contributed by atoms with E-state index in [1.807, 2.05) is 0 Å². The Kier molecular flexibility index (Phi) is 8.27. The van der Waals surface area contributed by atoms with Gasteiger partial charge in [-0.15, -0.1) is 0 Å². The zero-order chi connectivity index (χ0) is 10.8. The van der Waals surface area contributed by atoms with Crippen molar-refractivity contribution in [2.45, 2.75) is 19.8 Å². The van der Waals surface area contributed by atoms with E-state index >= 15 is 0 Å². The molecule has 0 aromatic rings. The van der Waals surface area contributed by atoms with E-state index in [9.17, 15) is 0 Å². The zero-order valence-corrected chi connectivity index (χ0v) is 9.07. The van der Waals surface area contributed by atoms with E-state index in [-0.39, 0.29) is 5.84 Å². The van der Waals surface area contributed by atoms with Crippen LogP contribution in [0.4, 0.5) is 0 Å². The average Bonchev–Trinajstić information content (AvgIpc) is 2.22. The quantitative estimate of drug-likeness (QED) is 0.198. The summed E-state index contributed by atoms with van der Waals surface area (Å²) in [5, 5.41) is 11.3. The second kappa shape index (κ2) is 8.77. The topological polar surface area (TPSA) is 71.1 Å². The Bertz CT molecular complexity index is 162. The number of rotatable bonds is 8. The van der Waals surface area contributed by atoms with Crippen LogP contribution in [-0.4, -0.2) is 49.3 Å². The molecular formula is C9H21N3O2. The van der Waals surface area contributed by atoms with Crippen LogP contribution in [0.15, 0.2) is 5.16 Å². The number of hydrogen-bond donors (Lipinski definition) is 2. The minimum absolute atomic E-state index is 0.287. The first-order chi connectivity index (χ1) is 6.74. The average molecular weight is 203 g/mol. The number of amidine groups is 1. The summed E-state index contributed by atoms with van der Waals surface area (Å²) in [5.74, 6) is 0.287. The molecule has 0 bridgehead atoms. The lowest BCUT2D eigenvalue weighted by molar-refractivity contribution is 0.174. The van der Waals surface area contributed by atoms with Gasteiger partial charge in [-0.1, -0.05) is 12.1 Å². The van der Waals surface area contributed by atoms with Crippen molar-refractivity contribution in [2.75, 3.05) is 33.4 Å². The predicted octanol–water partition coefficient (Wildman–Crippen LogP) is 0.481. The molecule has 0 unspecified atom stereocenters. The van der Waals surface area contributed by atoms with Gasteiger partial charge in [0.25, 0.3) is 0 Å². The summed E-state index contributed by atoms with van der Waals surface area (Å²) >= 11 is 0. The van der Waals surface area contributed by atoms with Gasteiger partial charge in [0, 0.05) is 33.2 Å². The Labute approximate surface area is 85.5 Å². The van der Waals surface area contributed by atoms with Crippen LogP contribution in [0.3, 0.4) is 0 Å². The van der Waals surface area contributed by atoms with Crippen LogP contribution in [0.25, 0.3) is 0 Å². The van der Waals surface area contributed by atoms with Gasteiger partial charge in [-0.2, -0.15) is 0 Å². The SMILES string of the molecule is CCN(CCCOC)CCC(N)=NO. The molecule has 0 aliphatic rings. The Morgan fingerprint density at radius 3 is 2.71 bits per heavy atom. The van der Waals surface area contributed by atoms with Gasteiger partial charge in [0.1, 0.15) is 5.84 Å². The summed E-state index contributed by atoms with van der Waals surface area (Å²) in [6.45, 7) is 5.67. The molecule has 0 atom stereocenters. The fourth-order valence-corrected chi connectivity index (χ4v) is 1.18. The number of oxime groups is 1. The fraction of sp³-hybridized carbons (Fsp3) is 0.889. The molecular weight excluding hydrogens is 182 g/mol. The summed E-state index contributed by atoms with van der Waals surface area (Å²) in [6, 6.07) is 0. The zero-order valence-electron chi connectivity index (χ0n) is 9.07. The van der Waals surface area contributed by atoms with Gasteiger partial charge >= 0.3 is 0 Å². The minimum atomic E-state index is 0.287.